The number of rotatable bonds is 3. The van der Waals surface area contributed by atoms with E-state index in [4.69, 9.17) is 10.5 Å². The second kappa shape index (κ2) is 5.89. The molecule has 1 aliphatic carbocycles. The first kappa shape index (κ1) is 14.3. The van der Waals surface area contributed by atoms with E-state index >= 15 is 0 Å². The Kier molecular flexibility index (Phi) is 4.68. The second-order valence-corrected chi connectivity index (χ2v) is 6.44. The molecular formula is C15H30N2O. The summed E-state index contributed by atoms with van der Waals surface area (Å²) in [6, 6.07) is 0. The van der Waals surface area contributed by atoms with Crippen molar-refractivity contribution in [3.63, 3.8) is 0 Å². The van der Waals surface area contributed by atoms with Gasteiger partial charge in [-0.1, -0.05) is 27.2 Å². The monoisotopic (exact) mass is 254 g/mol. The lowest BCUT2D eigenvalue weighted by Gasteiger charge is -2.54. The summed E-state index contributed by atoms with van der Waals surface area (Å²) < 4.78 is 5.82. The molecule has 0 aromatic heterocycles. The van der Waals surface area contributed by atoms with Gasteiger partial charge >= 0.3 is 0 Å². The van der Waals surface area contributed by atoms with Crippen molar-refractivity contribution < 1.29 is 4.74 Å². The van der Waals surface area contributed by atoms with Crippen LogP contribution >= 0.6 is 0 Å². The Morgan fingerprint density at radius 2 is 2.11 bits per heavy atom. The third-order valence-electron chi connectivity index (χ3n) is 5.29. The normalized spacial score (nSPS) is 43.0. The van der Waals surface area contributed by atoms with Crippen LogP contribution in [0.4, 0.5) is 0 Å². The largest absolute Gasteiger partial charge is 0.376 e. The van der Waals surface area contributed by atoms with Crippen LogP contribution in [-0.4, -0.2) is 42.8 Å². The molecule has 1 saturated heterocycles. The van der Waals surface area contributed by atoms with E-state index in [1.807, 2.05) is 0 Å². The lowest BCUT2D eigenvalue weighted by atomic mass is 9.68. The van der Waals surface area contributed by atoms with Crippen molar-refractivity contribution in [1.82, 2.24) is 4.90 Å². The first-order valence-corrected chi connectivity index (χ1v) is 7.69. The van der Waals surface area contributed by atoms with Gasteiger partial charge in [0.05, 0.1) is 12.7 Å². The Hall–Kier alpha value is -0.120. The van der Waals surface area contributed by atoms with Gasteiger partial charge in [-0.25, -0.2) is 0 Å². The van der Waals surface area contributed by atoms with Gasteiger partial charge in [-0.05, 0) is 31.1 Å². The summed E-state index contributed by atoms with van der Waals surface area (Å²) in [5.74, 6) is 1.53. The molecule has 0 radical (unpaired) electrons. The minimum atomic E-state index is 0.231. The standard InChI is InChI=1S/C15H30N2O/c1-4-14-10-17(7-8-18-14)15(11-16)9-12(2)5-6-13(15)3/h12-14H,4-11,16H2,1-3H3. The van der Waals surface area contributed by atoms with Crippen LogP contribution in [0, 0.1) is 11.8 Å². The maximum Gasteiger partial charge on any atom is 0.0700 e. The van der Waals surface area contributed by atoms with Gasteiger partial charge in [-0.15, -0.1) is 0 Å². The zero-order valence-electron chi connectivity index (χ0n) is 12.3. The molecule has 3 heteroatoms. The molecule has 2 rings (SSSR count). The molecule has 4 unspecified atom stereocenters. The van der Waals surface area contributed by atoms with E-state index in [9.17, 15) is 0 Å². The topological polar surface area (TPSA) is 38.5 Å². The fraction of sp³-hybridized carbons (Fsp3) is 1.00. The van der Waals surface area contributed by atoms with Crippen molar-refractivity contribution >= 4 is 0 Å². The number of morpholine rings is 1. The zero-order valence-corrected chi connectivity index (χ0v) is 12.3. The lowest BCUT2D eigenvalue weighted by Crippen LogP contribution is -2.64. The van der Waals surface area contributed by atoms with Gasteiger partial charge < -0.3 is 10.5 Å². The smallest absolute Gasteiger partial charge is 0.0700 e. The predicted octanol–water partition coefficient (Wildman–Crippen LogP) is 2.25. The fourth-order valence-corrected chi connectivity index (χ4v) is 3.94. The van der Waals surface area contributed by atoms with E-state index < -0.39 is 0 Å². The van der Waals surface area contributed by atoms with Crippen molar-refractivity contribution in [3.8, 4) is 0 Å². The minimum Gasteiger partial charge on any atom is -0.376 e. The predicted molar refractivity (Wildman–Crippen MR) is 75.6 cm³/mol. The summed E-state index contributed by atoms with van der Waals surface area (Å²) in [4.78, 5) is 2.66. The SMILES string of the molecule is CCC1CN(C2(CN)CC(C)CCC2C)CCO1. The molecular weight excluding hydrogens is 224 g/mol. The number of nitrogens with two attached hydrogens (primary N) is 1. The summed E-state index contributed by atoms with van der Waals surface area (Å²) in [5, 5.41) is 0. The number of ether oxygens (including phenoxy) is 1. The fourth-order valence-electron chi connectivity index (χ4n) is 3.94. The van der Waals surface area contributed by atoms with Crippen molar-refractivity contribution in [2.45, 2.75) is 58.1 Å². The summed E-state index contributed by atoms with van der Waals surface area (Å²) in [6.45, 7) is 10.8. The van der Waals surface area contributed by atoms with Crippen LogP contribution in [0.25, 0.3) is 0 Å². The molecule has 1 saturated carbocycles. The van der Waals surface area contributed by atoms with Crippen molar-refractivity contribution in [1.29, 1.82) is 0 Å². The molecule has 0 spiro atoms. The van der Waals surface area contributed by atoms with Crippen LogP contribution in [0.2, 0.25) is 0 Å². The first-order chi connectivity index (χ1) is 8.62. The molecule has 4 atom stereocenters. The van der Waals surface area contributed by atoms with Crippen molar-refractivity contribution in [2.75, 3.05) is 26.2 Å². The average molecular weight is 254 g/mol. The Morgan fingerprint density at radius 1 is 1.33 bits per heavy atom. The third-order valence-corrected chi connectivity index (χ3v) is 5.29. The van der Waals surface area contributed by atoms with Gasteiger partial charge in [0.25, 0.3) is 0 Å². The minimum absolute atomic E-state index is 0.231. The zero-order chi connectivity index (χ0) is 13.2. The molecule has 2 N–H and O–H groups in total. The Morgan fingerprint density at radius 3 is 2.78 bits per heavy atom. The highest BCUT2D eigenvalue weighted by Gasteiger charge is 2.45. The summed E-state index contributed by atoms with van der Waals surface area (Å²) >= 11 is 0. The van der Waals surface area contributed by atoms with Crippen LogP contribution < -0.4 is 5.73 Å². The molecule has 18 heavy (non-hydrogen) atoms. The summed E-state index contributed by atoms with van der Waals surface area (Å²) in [6.07, 6.45) is 5.48. The maximum absolute atomic E-state index is 6.23. The van der Waals surface area contributed by atoms with E-state index in [1.165, 1.54) is 19.3 Å². The van der Waals surface area contributed by atoms with E-state index in [2.05, 4.69) is 25.7 Å². The van der Waals surface area contributed by atoms with Crippen LogP contribution in [0.5, 0.6) is 0 Å². The molecule has 1 heterocycles. The Bertz CT molecular complexity index is 271. The number of hydrogen-bond acceptors (Lipinski definition) is 3. The van der Waals surface area contributed by atoms with Gasteiger partial charge in [-0.3, -0.25) is 4.90 Å². The highest BCUT2D eigenvalue weighted by atomic mass is 16.5. The molecule has 0 bridgehead atoms. The summed E-state index contributed by atoms with van der Waals surface area (Å²) in [7, 11) is 0. The molecule has 0 aromatic carbocycles. The van der Waals surface area contributed by atoms with Gasteiger partial charge in [0.1, 0.15) is 0 Å². The molecule has 0 aromatic rings. The van der Waals surface area contributed by atoms with Crippen LogP contribution in [0.3, 0.4) is 0 Å². The van der Waals surface area contributed by atoms with Crippen molar-refractivity contribution in [2.24, 2.45) is 17.6 Å². The molecule has 106 valence electrons. The quantitative estimate of drug-likeness (QED) is 0.839. The maximum atomic E-state index is 6.23. The highest BCUT2D eigenvalue weighted by Crippen LogP contribution is 2.41. The van der Waals surface area contributed by atoms with Gasteiger partial charge in [0, 0.05) is 25.2 Å². The number of hydrogen-bond donors (Lipinski definition) is 1. The van der Waals surface area contributed by atoms with Crippen molar-refractivity contribution in [3.05, 3.63) is 0 Å². The highest BCUT2D eigenvalue weighted by molar-refractivity contribution is 5.01. The Labute approximate surface area is 112 Å². The van der Waals surface area contributed by atoms with E-state index in [-0.39, 0.29) is 5.54 Å². The van der Waals surface area contributed by atoms with Gasteiger partial charge in [-0.2, -0.15) is 0 Å². The lowest BCUT2D eigenvalue weighted by molar-refractivity contribution is -0.0981. The second-order valence-electron chi connectivity index (χ2n) is 6.44. The van der Waals surface area contributed by atoms with Crippen LogP contribution in [-0.2, 0) is 4.74 Å². The summed E-state index contributed by atoms with van der Waals surface area (Å²) in [5.41, 5.74) is 6.46. The Balaban J connectivity index is 2.14. The van der Waals surface area contributed by atoms with E-state index in [0.29, 0.717) is 12.0 Å². The molecule has 0 amide bonds. The third kappa shape index (κ3) is 2.59. The molecule has 2 aliphatic rings. The molecule has 1 aliphatic heterocycles. The van der Waals surface area contributed by atoms with Crippen LogP contribution in [0.1, 0.15) is 46.5 Å². The van der Waals surface area contributed by atoms with Gasteiger partial charge in [0.15, 0.2) is 0 Å². The first-order valence-electron chi connectivity index (χ1n) is 7.69. The van der Waals surface area contributed by atoms with Crippen LogP contribution in [0.15, 0.2) is 0 Å². The molecule has 3 nitrogen and oxygen atoms in total. The van der Waals surface area contributed by atoms with E-state index in [0.717, 1.165) is 38.6 Å². The average Bonchev–Trinajstić information content (AvgIpc) is 2.41. The van der Waals surface area contributed by atoms with E-state index in [1.54, 1.807) is 0 Å². The van der Waals surface area contributed by atoms with Gasteiger partial charge in [0.2, 0.25) is 0 Å². The number of nitrogens with zero attached hydrogens (tertiary/aromatic N) is 1. The molecule has 2 fully saturated rings.